The lowest BCUT2D eigenvalue weighted by atomic mass is 10.1. The number of aryl methyl sites for hydroxylation is 1. The fourth-order valence-corrected chi connectivity index (χ4v) is 1.89. The highest BCUT2D eigenvalue weighted by Gasteiger charge is 2.33. The van der Waals surface area contributed by atoms with Crippen molar-refractivity contribution in [2.75, 3.05) is 17.6 Å². The van der Waals surface area contributed by atoms with Gasteiger partial charge in [-0.15, -0.1) is 0 Å². The molecule has 0 spiro atoms. The average Bonchev–Trinajstić information content (AvgIpc) is 2.76. The summed E-state index contributed by atoms with van der Waals surface area (Å²) < 4.78 is 39.9. The molecule has 0 atom stereocenters. The third-order valence-electron chi connectivity index (χ3n) is 2.99. The number of alkyl halides is 3. The Hall–Kier alpha value is -2.18. The number of aromatic nitrogens is 2. The first-order chi connectivity index (χ1) is 9.38. The van der Waals surface area contributed by atoms with E-state index in [4.69, 9.17) is 5.73 Å². The Kier molecular flexibility index (Phi) is 3.87. The summed E-state index contributed by atoms with van der Waals surface area (Å²) in [7, 11) is 1.82. The van der Waals surface area contributed by atoms with Crippen LogP contribution < -0.4 is 11.1 Å². The molecule has 1 heterocycles. The average molecular weight is 284 g/mol. The van der Waals surface area contributed by atoms with Crippen LogP contribution in [0.1, 0.15) is 11.3 Å². The van der Waals surface area contributed by atoms with Crippen molar-refractivity contribution in [1.29, 1.82) is 0 Å². The smallest absolute Gasteiger partial charge is 0.398 e. The summed E-state index contributed by atoms with van der Waals surface area (Å²) in [5.74, 6) is 0. The summed E-state index contributed by atoms with van der Waals surface area (Å²) in [5, 5.41) is 6.98. The lowest BCUT2D eigenvalue weighted by molar-refractivity contribution is -0.136. The van der Waals surface area contributed by atoms with E-state index >= 15 is 0 Å². The molecule has 0 saturated carbocycles. The van der Waals surface area contributed by atoms with Gasteiger partial charge in [0.15, 0.2) is 0 Å². The highest BCUT2D eigenvalue weighted by Crippen LogP contribution is 2.35. The Labute approximate surface area is 114 Å². The Bertz CT molecular complexity index is 590. The molecule has 0 aliphatic carbocycles. The van der Waals surface area contributed by atoms with Gasteiger partial charge in [0.05, 0.1) is 5.56 Å². The van der Waals surface area contributed by atoms with E-state index < -0.39 is 11.7 Å². The van der Waals surface area contributed by atoms with E-state index in [-0.39, 0.29) is 5.69 Å². The maximum absolute atomic E-state index is 12.7. The molecule has 0 amide bonds. The molecule has 1 aromatic carbocycles. The van der Waals surface area contributed by atoms with E-state index in [1.165, 1.54) is 12.1 Å². The Balaban J connectivity index is 2.02. The number of nitrogens with one attached hydrogen (secondary N) is 1. The molecule has 3 N–H and O–H groups in total. The monoisotopic (exact) mass is 284 g/mol. The van der Waals surface area contributed by atoms with Crippen molar-refractivity contribution in [3.63, 3.8) is 0 Å². The van der Waals surface area contributed by atoms with Crippen molar-refractivity contribution in [2.24, 2.45) is 7.05 Å². The molecule has 0 aliphatic rings. The van der Waals surface area contributed by atoms with E-state index in [9.17, 15) is 13.2 Å². The van der Waals surface area contributed by atoms with Crippen molar-refractivity contribution < 1.29 is 13.2 Å². The summed E-state index contributed by atoms with van der Waals surface area (Å²) in [5.41, 5.74) is 5.66. The zero-order chi connectivity index (χ0) is 14.8. The molecular formula is C13H15F3N4. The molecule has 0 fully saturated rings. The Morgan fingerprint density at radius 2 is 2.05 bits per heavy atom. The van der Waals surface area contributed by atoms with Gasteiger partial charge in [0.1, 0.15) is 0 Å². The summed E-state index contributed by atoms with van der Waals surface area (Å²) in [6.07, 6.45) is -2.09. The van der Waals surface area contributed by atoms with Crippen LogP contribution in [-0.2, 0) is 19.6 Å². The highest BCUT2D eigenvalue weighted by molar-refractivity contribution is 5.58. The molecular weight excluding hydrogens is 269 g/mol. The van der Waals surface area contributed by atoms with Gasteiger partial charge >= 0.3 is 6.18 Å². The van der Waals surface area contributed by atoms with Crippen molar-refractivity contribution in [2.45, 2.75) is 12.6 Å². The molecule has 7 heteroatoms. The second kappa shape index (κ2) is 5.44. The SMILES string of the molecule is Cn1nccc1CCNc1ccc(N)c(C(F)(F)F)c1. The summed E-state index contributed by atoms with van der Waals surface area (Å²) in [6.45, 7) is 0.515. The second-order valence-corrected chi connectivity index (χ2v) is 4.42. The highest BCUT2D eigenvalue weighted by atomic mass is 19.4. The molecule has 20 heavy (non-hydrogen) atoms. The normalized spacial score (nSPS) is 11.6. The first-order valence-corrected chi connectivity index (χ1v) is 6.05. The largest absolute Gasteiger partial charge is 0.418 e. The van der Waals surface area contributed by atoms with Gasteiger partial charge in [0.25, 0.3) is 0 Å². The number of anilines is 2. The van der Waals surface area contributed by atoms with Crippen LogP contribution in [0.15, 0.2) is 30.5 Å². The minimum atomic E-state index is -4.44. The molecule has 108 valence electrons. The number of hydrogen-bond donors (Lipinski definition) is 2. The summed E-state index contributed by atoms with van der Waals surface area (Å²) in [4.78, 5) is 0. The van der Waals surface area contributed by atoms with Crippen LogP contribution >= 0.6 is 0 Å². The van der Waals surface area contributed by atoms with Crippen molar-refractivity contribution in [1.82, 2.24) is 9.78 Å². The molecule has 2 rings (SSSR count). The second-order valence-electron chi connectivity index (χ2n) is 4.42. The van der Waals surface area contributed by atoms with Gasteiger partial charge in [0.2, 0.25) is 0 Å². The van der Waals surface area contributed by atoms with Gasteiger partial charge in [0, 0.05) is 43.3 Å². The van der Waals surface area contributed by atoms with Gasteiger partial charge in [-0.25, -0.2) is 0 Å². The topological polar surface area (TPSA) is 55.9 Å². The number of nitrogen functional groups attached to an aromatic ring is 1. The lowest BCUT2D eigenvalue weighted by Gasteiger charge is -2.13. The molecule has 2 aromatic rings. The molecule has 0 unspecified atom stereocenters. The van der Waals surface area contributed by atoms with E-state index in [0.29, 0.717) is 18.7 Å². The molecule has 4 nitrogen and oxygen atoms in total. The zero-order valence-electron chi connectivity index (χ0n) is 10.9. The van der Waals surface area contributed by atoms with E-state index in [2.05, 4.69) is 10.4 Å². The maximum atomic E-state index is 12.7. The number of halogens is 3. The van der Waals surface area contributed by atoms with Gasteiger partial charge in [-0.2, -0.15) is 18.3 Å². The summed E-state index contributed by atoms with van der Waals surface area (Å²) >= 11 is 0. The molecule has 0 saturated heterocycles. The molecule has 0 radical (unpaired) electrons. The van der Waals surface area contributed by atoms with Gasteiger partial charge in [-0.05, 0) is 24.3 Å². The first kappa shape index (κ1) is 14.2. The van der Waals surface area contributed by atoms with E-state index in [1.807, 2.05) is 13.1 Å². The fraction of sp³-hybridized carbons (Fsp3) is 0.308. The standard InChI is InChI=1S/C13H15F3N4/c1-20-10(5-7-19-20)4-6-18-9-2-3-12(17)11(8-9)13(14,15)16/h2-3,5,7-8,18H,4,6,17H2,1H3. The predicted molar refractivity (Wildman–Crippen MR) is 71.3 cm³/mol. The van der Waals surface area contributed by atoms with Crippen LogP contribution in [0, 0.1) is 0 Å². The minimum absolute atomic E-state index is 0.269. The zero-order valence-corrected chi connectivity index (χ0v) is 10.9. The van der Waals surface area contributed by atoms with Crippen LogP contribution in [-0.4, -0.2) is 16.3 Å². The van der Waals surface area contributed by atoms with Gasteiger partial charge in [-0.3, -0.25) is 4.68 Å². The van der Waals surface area contributed by atoms with Crippen LogP contribution in [0.5, 0.6) is 0 Å². The lowest BCUT2D eigenvalue weighted by Crippen LogP contribution is -2.12. The summed E-state index contributed by atoms with van der Waals surface area (Å²) in [6, 6.07) is 5.69. The Morgan fingerprint density at radius 1 is 1.30 bits per heavy atom. The third-order valence-corrected chi connectivity index (χ3v) is 2.99. The van der Waals surface area contributed by atoms with Crippen LogP contribution in [0.25, 0.3) is 0 Å². The minimum Gasteiger partial charge on any atom is -0.398 e. The number of benzene rings is 1. The van der Waals surface area contributed by atoms with Crippen molar-refractivity contribution >= 4 is 11.4 Å². The number of hydrogen-bond acceptors (Lipinski definition) is 3. The van der Waals surface area contributed by atoms with E-state index in [0.717, 1.165) is 11.8 Å². The fourth-order valence-electron chi connectivity index (χ4n) is 1.89. The predicted octanol–water partition coefficient (Wildman–Crippen LogP) is 2.68. The van der Waals surface area contributed by atoms with Crippen molar-refractivity contribution in [3.05, 3.63) is 41.7 Å². The molecule has 1 aromatic heterocycles. The molecule has 0 aliphatic heterocycles. The number of nitrogens with two attached hydrogens (primary N) is 1. The molecule has 0 bridgehead atoms. The Morgan fingerprint density at radius 3 is 2.65 bits per heavy atom. The first-order valence-electron chi connectivity index (χ1n) is 6.05. The number of rotatable bonds is 4. The van der Waals surface area contributed by atoms with Crippen molar-refractivity contribution in [3.8, 4) is 0 Å². The van der Waals surface area contributed by atoms with Crippen LogP contribution in [0.4, 0.5) is 24.5 Å². The quantitative estimate of drug-likeness (QED) is 0.849. The van der Waals surface area contributed by atoms with Crippen LogP contribution in [0.3, 0.4) is 0 Å². The van der Waals surface area contributed by atoms with E-state index in [1.54, 1.807) is 10.9 Å². The third kappa shape index (κ3) is 3.23. The van der Waals surface area contributed by atoms with Crippen LogP contribution in [0.2, 0.25) is 0 Å². The van der Waals surface area contributed by atoms with Gasteiger partial charge < -0.3 is 11.1 Å². The maximum Gasteiger partial charge on any atom is 0.418 e. The van der Waals surface area contributed by atoms with Gasteiger partial charge in [-0.1, -0.05) is 0 Å². The number of nitrogens with zero attached hydrogens (tertiary/aromatic N) is 2.